The molecule has 4 aromatic carbocycles. The summed E-state index contributed by atoms with van der Waals surface area (Å²) in [4.78, 5) is 26.6. The molecule has 5 rings (SSSR count). The molecule has 0 radical (unpaired) electrons. The molecule has 0 fully saturated rings. The van der Waals surface area contributed by atoms with Crippen LogP contribution in [0.3, 0.4) is 0 Å². The highest BCUT2D eigenvalue weighted by Crippen LogP contribution is 2.54. The van der Waals surface area contributed by atoms with Crippen LogP contribution in [0.1, 0.15) is 37.8 Å². The molecule has 44 heavy (non-hydrogen) atoms. The molecule has 7 heteroatoms. The second-order valence-electron chi connectivity index (χ2n) is 11.0. The molecule has 0 amide bonds. The summed E-state index contributed by atoms with van der Waals surface area (Å²) in [5.74, 6) is -1.70. The van der Waals surface area contributed by atoms with Crippen molar-refractivity contribution in [3.63, 3.8) is 0 Å². The fourth-order valence-corrected chi connectivity index (χ4v) is 5.76. The lowest BCUT2D eigenvalue weighted by Crippen LogP contribution is -2.30. The summed E-state index contributed by atoms with van der Waals surface area (Å²) in [6.07, 6.45) is 0.828. The van der Waals surface area contributed by atoms with Crippen LogP contribution in [0.25, 0.3) is 11.1 Å². The molecule has 0 spiro atoms. The maximum atomic E-state index is 13.9. The van der Waals surface area contributed by atoms with Gasteiger partial charge in [-0.1, -0.05) is 43.5 Å². The van der Waals surface area contributed by atoms with Gasteiger partial charge in [-0.3, -0.25) is 0 Å². The van der Waals surface area contributed by atoms with E-state index >= 15 is 0 Å². The zero-order chi connectivity index (χ0) is 31.4. The molecule has 0 saturated heterocycles. The molecule has 1 aliphatic rings. The smallest absolute Gasteiger partial charge is 0.333 e. The van der Waals surface area contributed by atoms with Crippen molar-refractivity contribution in [3.05, 3.63) is 138 Å². The first-order valence-corrected chi connectivity index (χ1v) is 14.3. The van der Waals surface area contributed by atoms with E-state index < -0.39 is 17.4 Å². The molecule has 5 nitrogen and oxygen atoms in total. The fourth-order valence-electron chi connectivity index (χ4n) is 5.76. The minimum absolute atomic E-state index is 0.109. The summed E-state index contributed by atoms with van der Waals surface area (Å²) in [7, 11) is 0. The van der Waals surface area contributed by atoms with Gasteiger partial charge >= 0.3 is 11.9 Å². The average molecular weight is 594 g/mol. The lowest BCUT2D eigenvalue weighted by atomic mass is 9.73. The van der Waals surface area contributed by atoms with Gasteiger partial charge in [0, 0.05) is 33.6 Å². The number of carbonyl (C=O) groups is 2. The van der Waals surface area contributed by atoms with E-state index in [4.69, 9.17) is 9.47 Å². The molecular formula is C37H33F2NO4. The van der Waals surface area contributed by atoms with Crippen LogP contribution in [0.5, 0.6) is 0 Å². The Bertz CT molecular complexity index is 1650. The number of ether oxygens (including phenoxy) is 2. The second-order valence-corrected chi connectivity index (χ2v) is 11.0. The van der Waals surface area contributed by atoms with Gasteiger partial charge in [-0.15, -0.1) is 0 Å². The summed E-state index contributed by atoms with van der Waals surface area (Å²) in [5, 5.41) is 0. The minimum atomic E-state index is -0.691. The van der Waals surface area contributed by atoms with Gasteiger partial charge in [-0.2, -0.15) is 0 Å². The predicted molar refractivity (Wildman–Crippen MR) is 168 cm³/mol. The molecular weight excluding hydrogens is 560 g/mol. The number of esters is 2. The van der Waals surface area contributed by atoms with E-state index in [0.29, 0.717) is 35.4 Å². The van der Waals surface area contributed by atoms with Crippen LogP contribution in [-0.4, -0.2) is 25.2 Å². The molecule has 0 heterocycles. The maximum absolute atomic E-state index is 13.9. The van der Waals surface area contributed by atoms with Crippen molar-refractivity contribution >= 4 is 29.0 Å². The van der Waals surface area contributed by atoms with Crippen LogP contribution in [0, 0.1) is 11.6 Å². The summed E-state index contributed by atoms with van der Waals surface area (Å²) in [5.41, 5.74) is 6.07. The van der Waals surface area contributed by atoms with Crippen LogP contribution in [0.15, 0.2) is 115 Å². The molecule has 0 atom stereocenters. The number of benzene rings is 4. The maximum Gasteiger partial charge on any atom is 0.333 e. The Balaban J connectivity index is 1.65. The number of hydrogen-bond donors (Lipinski definition) is 0. The number of anilines is 3. The first-order chi connectivity index (χ1) is 21.1. The van der Waals surface area contributed by atoms with Crippen molar-refractivity contribution < 1.29 is 27.8 Å². The molecule has 0 unspecified atom stereocenters. The van der Waals surface area contributed by atoms with E-state index in [2.05, 4.69) is 19.2 Å². The highest BCUT2D eigenvalue weighted by atomic mass is 19.1. The largest absolute Gasteiger partial charge is 0.462 e. The topological polar surface area (TPSA) is 55.8 Å². The van der Waals surface area contributed by atoms with Gasteiger partial charge in [-0.25, -0.2) is 18.4 Å². The fraction of sp³-hybridized carbons (Fsp3) is 0.189. The highest BCUT2D eigenvalue weighted by Gasteiger charge is 2.43. The average Bonchev–Trinajstić information content (AvgIpc) is 3.28. The van der Waals surface area contributed by atoms with Crippen molar-refractivity contribution in [2.75, 3.05) is 18.1 Å². The van der Waals surface area contributed by atoms with E-state index in [1.54, 1.807) is 38.1 Å². The van der Waals surface area contributed by atoms with E-state index in [9.17, 15) is 18.4 Å². The molecule has 0 saturated carbocycles. The summed E-state index contributed by atoms with van der Waals surface area (Å²) >= 11 is 0. The van der Waals surface area contributed by atoms with Gasteiger partial charge in [-0.05, 0) is 110 Å². The molecule has 0 bridgehead atoms. The van der Waals surface area contributed by atoms with E-state index in [1.165, 1.54) is 24.3 Å². The first-order valence-electron chi connectivity index (χ1n) is 14.3. The predicted octanol–water partition coefficient (Wildman–Crippen LogP) is 8.72. The Morgan fingerprint density at radius 3 is 1.61 bits per heavy atom. The summed E-state index contributed by atoms with van der Waals surface area (Å²) in [6, 6.07) is 26.3. The molecule has 0 aliphatic heterocycles. The minimum Gasteiger partial charge on any atom is -0.462 e. The van der Waals surface area contributed by atoms with Crippen LogP contribution >= 0.6 is 0 Å². The number of hydrogen-bond acceptors (Lipinski definition) is 5. The third-order valence-electron chi connectivity index (χ3n) is 7.90. The number of fused-ring (bicyclic) bond motifs is 3. The number of rotatable bonds is 11. The van der Waals surface area contributed by atoms with Gasteiger partial charge in [0.15, 0.2) is 0 Å². The van der Waals surface area contributed by atoms with Crippen LogP contribution < -0.4 is 4.90 Å². The number of halogens is 2. The molecule has 4 aromatic rings. The quantitative estimate of drug-likeness (QED) is 0.129. The second kappa shape index (κ2) is 12.7. The highest BCUT2D eigenvalue weighted by molar-refractivity contribution is 5.88. The normalized spacial score (nSPS) is 12.5. The third-order valence-corrected chi connectivity index (χ3v) is 7.90. The van der Waals surface area contributed by atoms with E-state index in [1.807, 2.05) is 41.3 Å². The van der Waals surface area contributed by atoms with E-state index in [0.717, 1.165) is 27.9 Å². The molecule has 0 N–H and O–H groups in total. The van der Waals surface area contributed by atoms with Crippen molar-refractivity contribution in [1.29, 1.82) is 0 Å². The van der Waals surface area contributed by atoms with Gasteiger partial charge in [0.05, 0.1) is 13.2 Å². The Kier molecular flexibility index (Phi) is 8.76. The van der Waals surface area contributed by atoms with Crippen molar-refractivity contribution in [1.82, 2.24) is 0 Å². The molecule has 0 aromatic heterocycles. The van der Waals surface area contributed by atoms with Gasteiger partial charge in [0.1, 0.15) is 11.6 Å². The summed E-state index contributed by atoms with van der Waals surface area (Å²) in [6.45, 7) is 10.8. The van der Waals surface area contributed by atoms with Crippen molar-refractivity contribution in [3.8, 4) is 11.1 Å². The number of nitrogens with zero attached hydrogens (tertiary/aromatic N) is 1. The molecule has 224 valence electrons. The van der Waals surface area contributed by atoms with Crippen molar-refractivity contribution in [2.24, 2.45) is 0 Å². The van der Waals surface area contributed by atoms with Gasteiger partial charge in [0.2, 0.25) is 0 Å². The zero-order valence-corrected chi connectivity index (χ0v) is 24.7. The lowest BCUT2D eigenvalue weighted by molar-refractivity contribution is -0.139. The van der Waals surface area contributed by atoms with Crippen LogP contribution in [0.2, 0.25) is 0 Å². The zero-order valence-electron chi connectivity index (χ0n) is 24.7. The number of carbonyl (C=O) groups excluding carboxylic acids is 2. The monoisotopic (exact) mass is 593 g/mol. The summed E-state index contributed by atoms with van der Waals surface area (Å²) < 4.78 is 39.0. The van der Waals surface area contributed by atoms with Gasteiger partial charge in [0.25, 0.3) is 0 Å². The van der Waals surface area contributed by atoms with Gasteiger partial charge < -0.3 is 14.4 Å². The Morgan fingerprint density at radius 2 is 1.11 bits per heavy atom. The van der Waals surface area contributed by atoms with Crippen LogP contribution in [0.4, 0.5) is 25.8 Å². The Labute approximate surface area is 256 Å². The third kappa shape index (κ3) is 6.04. The standard InChI is InChI=1S/C37H33F2NO4/c1-24(2)35(41)43-21-19-37(20-22-44-36(42)25(3)4)33-8-6-5-7-31(33)32-18-17-30(23-34(32)37)40(28-13-9-26(38)10-14-28)29-15-11-27(39)12-16-29/h5-18,23H,1,3,19-22H2,2,4H3. The first kappa shape index (κ1) is 30.4. The van der Waals surface area contributed by atoms with Crippen molar-refractivity contribution in [2.45, 2.75) is 32.1 Å². The molecule has 1 aliphatic carbocycles. The SMILES string of the molecule is C=C(C)C(=O)OCCC1(CCOC(=O)C(=C)C)c2ccccc2-c2ccc(N(c3ccc(F)cc3)c3ccc(F)cc3)cc21. The lowest BCUT2D eigenvalue weighted by Gasteiger charge is -2.33. The van der Waals surface area contributed by atoms with E-state index in [-0.39, 0.29) is 24.8 Å². The Hall–Kier alpha value is -5.04. The van der Waals surface area contributed by atoms with Crippen LogP contribution in [-0.2, 0) is 24.5 Å². The Morgan fingerprint density at radius 1 is 0.659 bits per heavy atom.